The van der Waals surface area contributed by atoms with Crippen molar-refractivity contribution >= 4 is 10.9 Å². The fourth-order valence-electron chi connectivity index (χ4n) is 3.84. The van der Waals surface area contributed by atoms with Gasteiger partial charge in [-0.15, -0.1) is 0 Å². The van der Waals surface area contributed by atoms with Crippen LogP contribution in [0.1, 0.15) is 49.7 Å². The normalized spacial score (nSPS) is 19.8. The van der Waals surface area contributed by atoms with Crippen LogP contribution in [0.15, 0.2) is 30.6 Å². The Morgan fingerprint density at radius 1 is 1.27 bits per heavy atom. The molecule has 2 aromatic rings. The van der Waals surface area contributed by atoms with Gasteiger partial charge in [-0.05, 0) is 61.1 Å². The second-order valence-electron chi connectivity index (χ2n) is 6.90. The summed E-state index contributed by atoms with van der Waals surface area (Å²) in [6, 6.07) is 4.66. The number of hydrogen-bond donors (Lipinski definition) is 1. The van der Waals surface area contributed by atoms with Crippen molar-refractivity contribution in [3.8, 4) is 0 Å². The van der Waals surface area contributed by atoms with Crippen molar-refractivity contribution in [2.24, 2.45) is 5.92 Å². The summed E-state index contributed by atoms with van der Waals surface area (Å²) in [7, 11) is 0. The van der Waals surface area contributed by atoms with Gasteiger partial charge in [-0.1, -0.05) is 19.6 Å². The summed E-state index contributed by atoms with van der Waals surface area (Å²) >= 11 is 0. The zero-order chi connectivity index (χ0) is 15.1. The van der Waals surface area contributed by atoms with Gasteiger partial charge in [0.05, 0.1) is 11.7 Å². The number of aromatic nitrogens is 2. The first-order chi connectivity index (χ1) is 10.8. The van der Waals surface area contributed by atoms with Crippen LogP contribution in [-0.2, 0) is 6.42 Å². The second-order valence-corrected chi connectivity index (χ2v) is 6.90. The fraction of sp³-hybridized carbons (Fsp3) is 0.526. The van der Waals surface area contributed by atoms with Gasteiger partial charge in [-0.3, -0.25) is 5.10 Å². The van der Waals surface area contributed by atoms with Gasteiger partial charge < -0.3 is 4.90 Å². The first kappa shape index (κ1) is 13.9. The summed E-state index contributed by atoms with van der Waals surface area (Å²) in [5, 5.41) is 8.72. The molecular weight excluding hydrogens is 270 g/mol. The number of aryl methyl sites for hydroxylation is 1. The SMILES string of the molecule is C=C(C1CC1)N1CCC(c2cc(CC)cc3[nH]ncc23)CC1. The Balaban J connectivity index is 1.55. The van der Waals surface area contributed by atoms with Crippen molar-refractivity contribution in [2.75, 3.05) is 13.1 Å². The zero-order valence-electron chi connectivity index (χ0n) is 13.4. The molecule has 2 aliphatic rings. The number of nitrogens with one attached hydrogen (secondary N) is 1. The fourth-order valence-corrected chi connectivity index (χ4v) is 3.84. The Labute approximate surface area is 132 Å². The molecule has 1 saturated heterocycles. The molecule has 1 aliphatic heterocycles. The van der Waals surface area contributed by atoms with Gasteiger partial charge in [0.25, 0.3) is 0 Å². The molecule has 116 valence electrons. The van der Waals surface area contributed by atoms with Crippen LogP contribution >= 0.6 is 0 Å². The second kappa shape index (κ2) is 5.45. The van der Waals surface area contributed by atoms with Crippen LogP contribution in [0, 0.1) is 5.92 Å². The van der Waals surface area contributed by atoms with Crippen molar-refractivity contribution in [1.29, 1.82) is 0 Å². The van der Waals surface area contributed by atoms with E-state index in [0.29, 0.717) is 5.92 Å². The lowest BCUT2D eigenvalue weighted by molar-refractivity contribution is 0.254. The minimum absolute atomic E-state index is 0.662. The van der Waals surface area contributed by atoms with Crippen molar-refractivity contribution in [3.05, 3.63) is 41.7 Å². The van der Waals surface area contributed by atoms with E-state index in [4.69, 9.17) is 0 Å². The van der Waals surface area contributed by atoms with Gasteiger partial charge in [0.15, 0.2) is 0 Å². The molecule has 2 heterocycles. The molecule has 1 aliphatic carbocycles. The summed E-state index contributed by atoms with van der Waals surface area (Å²) < 4.78 is 0. The highest BCUT2D eigenvalue weighted by atomic mass is 15.1. The van der Waals surface area contributed by atoms with Crippen LogP contribution in [0.4, 0.5) is 0 Å². The standard InChI is InChI=1S/C19H25N3/c1-3-14-10-17(18-12-20-21-19(18)11-14)16-6-8-22(9-7-16)13(2)15-4-5-15/h10-12,15-16H,2-9H2,1H3,(H,20,21). The van der Waals surface area contributed by atoms with Gasteiger partial charge >= 0.3 is 0 Å². The Bertz CT molecular complexity index is 688. The number of nitrogens with zero attached hydrogens (tertiary/aromatic N) is 2. The minimum atomic E-state index is 0.662. The highest BCUT2D eigenvalue weighted by Crippen LogP contribution is 2.40. The molecule has 3 nitrogen and oxygen atoms in total. The topological polar surface area (TPSA) is 31.9 Å². The lowest BCUT2D eigenvalue weighted by Gasteiger charge is -2.35. The molecule has 0 atom stereocenters. The van der Waals surface area contributed by atoms with E-state index in [0.717, 1.165) is 25.4 Å². The molecule has 0 unspecified atom stereocenters. The quantitative estimate of drug-likeness (QED) is 0.915. The molecule has 1 N–H and O–H groups in total. The molecule has 22 heavy (non-hydrogen) atoms. The number of allylic oxidation sites excluding steroid dienone is 1. The van der Waals surface area contributed by atoms with E-state index in [-0.39, 0.29) is 0 Å². The number of piperidine rings is 1. The van der Waals surface area contributed by atoms with E-state index >= 15 is 0 Å². The smallest absolute Gasteiger partial charge is 0.0655 e. The summed E-state index contributed by atoms with van der Waals surface area (Å²) in [5.41, 5.74) is 5.50. The number of likely N-dealkylation sites (tertiary alicyclic amines) is 1. The van der Waals surface area contributed by atoms with E-state index in [1.807, 2.05) is 6.20 Å². The van der Waals surface area contributed by atoms with Crippen molar-refractivity contribution in [3.63, 3.8) is 0 Å². The van der Waals surface area contributed by atoms with Crippen molar-refractivity contribution in [2.45, 2.75) is 44.9 Å². The van der Waals surface area contributed by atoms with E-state index < -0.39 is 0 Å². The first-order valence-corrected chi connectivity index (χ1v) is 8.66. The lowest BCUT2D eigenvalue weighted by atomic mass is 9.86. The Kier molecular flexibility index (Phi) is 3.44. The Hall–Kier alpha value is -1.77. The Morgan fingerprint density at radius 2 is 2.05 bits per heavy atom. The molecule has 3 heteroatoms. The van der Waals surface area contributed by atoms with Crippen LogP contribution in [0.25, 0.3) is 10.9 Å². The van der Waals surface area contributed by atoms with Crippen molar-refractivity contribution in [1.82, 2.24) is 15.1 Å². The highest BCUT2D eigenvalue weighted by molar-refractivity contribution is 5.83. The number of aromatic amines is 1. The molecular formula is C19H25N3. The number of rotatable bonds is 4. The maximum absolute atomic E-state index is 4.32. The predicted molar refractivity (Wildman–Crippen MR) is 90.9 cm³/mol. The molecule has 1 aromatic heterocycles. The maximum Gasteiger partial charge on any atom is 0.0655 e. The van der Waals surface area contributed by atoms with Crippen LogP contribution in [0.5, 0.6) is 0 Å². The molecule has 0 radical (unpaired) electrons. The summed E-state index contributed by atoms with van der Waals surface area (Å²) in [5.74, 6) is 1.45. The third-order valence-electron chi connectivity index (χ3n) is 5.45. The number of H-pyrrole nitrogens is 1. The average Bonchev–Trinajstić information content (AvgIpc) is 3.31. The van der Waals surface area contributed by atoms with Gasteiger partial charge in [-0.25, -0.2) is 0 Å². The first-order valence-electron chi connectivity index (χ1n) is 8.66. The van der Waals surface area contributed by atoms with Gasteiger partial charge in [0.1, 0.15) is 0 Å². The number of benzene rings is 1. The minimum Gasteiger partial charge on any atom is -0.375 e. The molecule has 4 rings (SSSR count). The third-order valence-corrected chi connectivity index (χ3v) is 5.45. The van der Waals surface area contributed by atoms with Crippen LogP contribution < -0.4 is 0 Å². The van der Waals surface area contributed by atoms with Gasteiger partial charge in [0.2, 0.25) is 0 Å². The summed E-state index contributed by atoms with van der Waals surface area (Å²) in [6.07, 6.45) is 8.26. The largest absolute Gasteiger partial charge is 0.375 e. The lowest BCUT2D eigenvalue weighted by Crippen LogP contribution is -2.32. The third kappa shape index (κ3) is 2.43. The van der Waals surface area contributed by atoms with Crippen LogP contribution in [0.3, 0.4) is 0 Å². The molecule has 0 bridgehead atoms. The maximum atomic E-state index is 4.32. The predicted octanol–water partition coefficient (Wildman–Crippen LogP) is 4.23. The molecule has 1 saturated carbocycles. The monoisotopic (exact) mass is 295 g/mol. The van der Waals surface area contributed by atoms with E-state index in [9.17, 15) is 0 Å². The number of fused-ring (bicyclic) bond motifs is 1. The molecule has 2 fully saturated rings. The molecule has 0 amide bonds. The van der Waals surface area contributed by atoms with Crippen molar-refractivity contribution < 1.29 is 0 Å². The van der Waals surface area contributed by atoms with Crippen LogP contribution in [-0.4, -0.2) is 28.2 Å². The van der Waals surface area contributed by atoms with Gasteiger partial charge in [-0.2, -0.15) is 5.10 Å². The average molecular weight is 295 g/mol. The number of hydrogen-bond acceptors (Lipinski definition) is 2. The summed E-state index contributed by atoms with van der Waals surface area (Å²) in [4.78, 5) is 2.53. The van der Waals surface area contributed by atoms with Crippen LogP contribution in [0.2, 0.25) is 0 Å². The van der Waals surface area contributed by atoms with E-state index in [1.165, 1.54) is 53.4 Å². The Morgan fingerprint density at radius 3 is 2.73 bits per heavy atom. The zero-order valence-corrected chi connectivity index (χ0v) is 13.4. The summed E-state index contributed by atoms with van der Waals surface area (Å²) in [6.45, 7) is 8.87. The van der Waals surface area contributed by atoms with E-state index in [2.05, 4.69) is 40.7 Å². The molecule has 0 spiro atoms. The molecule has 1 aromatic carbocycles. The van der Waals surface area contributed by atoms with Gasteiger partial charge in [0, 0.05) is 24.2 Å². The highest BCUT2D eigenvalue weighted by Gasteiger charge is 2.31. The van der Waals surface area contributed by atoms with E-state index in [1.54, 1.807) is 0 Å².